The molecule has 0 bridgehead atoms. The van der Waals surface area contributed by atoms with Crippen LogP contribution in [0.15, 0.2) is 48.5 Å². The van der Waals surface area contributed by atoms with Crippen LogP contribution in [-0.4, -0.2) is 24.5 Å². The van der Waals surface area contributed by atoms with Gasteiger partial charge in [0.15, 0.2) is 0 Å². The highest BCUT2D eigenvalue weighted by Gasteiger charge is 2.22. The van der Waals surface area contributed by atoms with Gasteiger partial charge in [0, 0.05) is 30.8 Å². The number of ether oxygens (including phenoxy) is 1. The third kappa shape index (κ3) is 4.42. The van der Waals surface area contributed by atoms with Crippen LogP contribution in [-0.2, 0) is 11.3 Å². The van der Waals surface area contributed by atoms with Gasteiger partial charge in [0.05, 0.1) is 6.10 Å². The zero-order chi connectivity index (χ0) is 18.5. The lowest BCUT2D eigenvalue weighted by atomic mass is 10.1. The Morgan fingerprint density at radius 3 is 2.73 bits per heavy atom. The second-order valence-corrected chi connectivity index (χ2v) is 6.70. The molecule has 0 spiro atoms. The molecule has 0 aromatic heterocycles. The summed E-state index contributed by atoms with van der Waals surface area (Å²) in [5.74, 6) is 0.750. The summed E-state index contributed by atoms with van der Waals surface area (Å²) in [6.07, 6.45) is 1.55. The highest BCUT2D eigenvalue weighted by atomic mass is 16.5. The van der Waals surface area contributed by atoms with Crippen LogP contribution in [0.4, 0.5) is 5.69 Å². The SMILES string of the molecule is CC(C)Oc1cccc(CNC(=O)c2cccc(N3CCCC3=O)c2)c1. The standard InChI is InChI=1S/C21H24N2O3/c1-15(2)26-19-9-3-6-16(12-19)14-22-21(25)17-7-4-8-18(13-17)23-11-5-10-20(23)24/h3-4,6-9,12-13,15H,5,10-11,14H2,1-2H3,(H,22,25). The van der Waals surface area contributed by atoms with Crippen LogP contribution < -0.4 is 15.0 Å². The van der Waals surface area contributed by atoms with Crippen molar-refractivity contribution < 1.29 is 14.3 Å². The van der Waals surface area contributed by atoms with Gasteiger partial charge in [-0.2, -0.15) is 0 Å². The average Bonchev–Trinajstić information content (AvgIpc) is 3.05. The lowest BCUT2D eigenvalue weighted by Crippen LogP contribution is -2.25. The molecular weight excluding hydrogens is 328 g/mol. The van der Waals surface area contributed by atoms with E-state index in [1.165, 1.54) is 0 Å². The van der Waals surface area contributed by atoms with E-state index < -0.39 is 0 Å². The minimum absolute atomic E-state index is 0.107. The van der Waals surface area contributed by atoms with Crippen molar-refractivity contribution in [3.63, 3.8) is 0 Å². The first-order chi connectivity index (χ1) is 12.5. The minimum atomic E-state index is -0.159. The van der Waals surface area contributed by atoms with Gasteiger partial charge in [-0.1, -0.05) is 18.2 Å². The third-order valence-corrected chi connectivity index (χ3v) is 4.22. The lowest BCUT2D eigenvalue weighted by Gasteiger charge is -2.16. The van der Waals surface area contributed by atoms with E-state index in [1.807, 2.05) is 50.2 Å². The number of hydrogen-bond acceptors (Lipinski definition) is 3. The number of rotatable bonds is 6. The molecule has 1 N–H and O–H groups in total. The van der Waals surface area contributed by atoms with Crippen molar-refractivity contribution in [3.8, 4) is 5.75 Å². The molecule has 0 unspecified atom stereocenters. The molecule has 1 heterocycles. The van der Waals surface area contributed by atoms with Crippen molar-refractivity contribution in [2.24, 2.45) is 0 Å². The first kappa shape index (κ1) is 18.0. The van der Waals surface area contributed by atoms with Gasteiger partial charge < -0.3 is 15.0 Å². The number of nitrogens with one attached hydrogen (secondary N) is 1. The second-order valence-electron chi connectivity index (χ2n) is 6.70. The van der Waals surface area contributed by atoms with Crippen LogP contribution in [0.1, 0.15) is 42.6 Å². The van der Waals surface area contributed by atoms with E-state index in [0.29, 0.717) is 25.1 Å². The fourth-order valence-corrected chi connectivity index (χ4v) is 3.02. The molecule has 0 atom stereocenters. The number of amides is 2. The summed E-state index contributed by atoms with van der Waals surface area (Å²) >= 11 is 0. The van der Waals surface area contributed by atoms with Gasteiger partial charge in [-0.3, -0.25) is 9.59 Å². The summed E-state index contributed by atoms with van der Waals surface area (Å²) in [5, 5.41) is 2.93. The van der Waals surface area contributed by atoms with Crippen LogP contribution in [0.2, 0.25) is 0 Å². The van der Waals surface area contributed by atoms with Gasteiger partial charge in [0.2, 0.25) is 5.91 Å². The zero-order valence-electron chi connectivity index (χ0n) is 15.2. The van der Waals surface area contributed by atoms with Gasteiger partial charge in [-0.25, -0.2) is 0 Å². The van der Waals surface area contributed by atoms with Crippen molar-refractivity contribution in [3.05, 3.63) is 59.7 Å². The fourth-order valence-electron chi connectivity index (χ4n) is 3.02. The molecule has 2 aromatic carbocycles. The van der Waals surface area contributed by atoms with Gasteiger partial charge in [0.1, 0.15) is 5.75 Å². The minimum Gasteiger partial charge on any atom is -0.491 e. The molecular formula is C21H24N2O3. The van der Waals surface area contributed by atoms with Crippen LogP contribution in [0.25, 0.3) is 0 Å². The summed E-state index contributed by atoms with van der Waals surface area (Å²) in [6, 6.07) is 14.9. The highest BCUT2D eigenvalue weighted by Crippen LogP contribution is 2.22. The summed E-state index contributed by atoms with van der Waals surface area (Å²) in [6.45, 7) is 5.09. The molecule has 1 aliphatic heterocycles. The van der Waals surface area contributed by atoms with E-state index in [1.54, 1.807) is 17.0 Å². The van der Waals surface area contributed by atoms with E-state index in [2.05, 4.69) is 5.32 Å². The molecule has 2 aromatic rings. The van der Waals surface area contributed by atoms with Crippen molar-refractivity contribution >= 4 is 17.5 Å². The van der Waals surface area contributed by atoms with Crippen LogP contribution in [0, 0.1) is 0 Å². The summed E-state index contributed by atoms with van der Waals surface area (Å²) in [4.78, 5) is 26.1. The maximum atomic E-state index is 12.5. The van der Waals surface area contributed by atoms with E-state index in [0.717, 1.165) is 23.4 Å². The van der Waals surface area contributed by atoms with Crippen molar-refractivity contribution in [1.82, 2.24) is 5.32 Å². The summed E-state index contributed by atoms with van der Waals surface area (Å²) in [5.41, 5.74) is 2.31. The van der Waals surface area contributed by atoms with Crippen molar-refractivity contribution in [2.75, 3.05) is 11.4 Å². The third-order valence-electron chi connectivity index (χ3n) is 4.22. The number of hydrogen-bond donors (Lipinski definition) is 1. The number of nitrogens with zero attached hydrogens (tertiary/aromatic N) is 1. The molecule has 136 valence electrons. The Labute approximate surface area is 154 Å². The molecule has 1 saturated heterocycles. The number of carbonyl (C=O) groups excluding carboxylic acids is 2. The zero-order valence-corrected chi connectivity index (χ0v) is 15.2. The molecule has 5 nitrogen and oxygen atoms in total. The van der Waals surface area contributed by atoms with Gasteiger partial charge >= 0.3 is 0 Å². The first-order valence-corrected chi connectivity index (χ1v) is 8.97. The first-order valence-electron chi connectivity index (χ1n) is 8.97. The van der Waals surface area contributed by atoms with Crippen LogP contribution >= 0.6 is 0 Å². The molecule has 0 aliphatic carbocycles. The fraction of sp³-hybridized carbons (Fsp3) is 0.333. The summed E-state index contributed by atoms with van der Waals surface area (Å²) < 4.78 is 5.68. The van der Waals surface area contributed by atoms with Gasteiger partial charge in [0.25, 0.3) is 5.91 Å². The number of anilines is 1. The quantitative estimate of drug-likeness (QED) is 0.865. The molecule has 0 saturated carbocycles. The Morgan fingerprint density at radius 1 is 1.19 bits per heavy atom. The predicted octanol–water partition coefficient (Wildman–Crippen LogP) is 3.53. The molecule has 5 heteroatoms. The normalized spacial score (nSPS) is 14.0. The smallest absolute Gasteiger partial charge is 0.251 e. The second kappa shape index (κ2) is 8.04. The Morgan fingerprint density at radius 2 is 2.00 bits per heavy atom. The molecule has 0 radical (unpaired) electrons. The van der Waals surface area contributed by atoms with E-state index in [9.17, 15) is 9.59 Å². The Balaban J connectivity index is 1.64. The highest BCUT2D eigenvalue weighted by molar-refractivity contribution is 5.99. The van der Waals surface area contributed by atoms with Crippen LogP contribution in [0.3, 0.4) is 0 Å². The molecule has 1 fully saturated rings. The number of benzene rings is 2. The van der Waals surface area contributed by atoms with Gasteiger partial charge in [-0.05, 0) is 56.2 Å². The summed E-state index contributed by atoms with van der Waals surface area (Å²) in [7, 11) is 0. The largest absolute Gasteiger partial charge is 0.491 e. The Kier molecular flexibility index (Phi) is 5.56. The topological polar surface area (TPSA) is 58.6 Å². The van der Waals surface area contributed by atoms with Crippen LogP contribution in [0.5, 0.6) is 5.75 Å². The van der Waals surface area contributed by atoms with E-state index >= 15 is 0 Å². The predicted molar refractivity (Wildman–Crippen MR) is 101 cm³/mol. The van der Waals surface area contributed by atoms with E-state index in [4.69, 9.17) is 4.74 Å². The average molecular weight is 352 g/mol. The lowest BCUT2D eigenvalue weighted by molar-refractivity contribution is -0.117. The molecule has 26 heavy (non-hydrogen) atoms. The molecule has 2 amide bonds. The number of carbonyl (C=O) groups is 2. The van der Waals surface area contributed by atoms with Gasteiger partial charge in [-0.15, -0.1) is 0 Å². The Bertz CT molecular complexity index is 801. The molecule has 3 rings (SSSR count). The maximum Gasteiger partial charge on any atom is 0.251 e. The molecule has 1 aliphatic rings. The van der Waals surface area contributed by atoms with Crippen molar-refractivity contribution in [2.45, 2.75) is 39.3 Å². The Hall–Kier alpha value is -2.82. The monoisotopic (exact) mass is 352 g/mol. The van der Waals surface area contributed by atoms with E-state index in [-0.39, 0.29) is 17.9 Å². The van der Waals surface area contributed by atoms with Crippen molar-refractivity contribution in [1.29, 1.82) is 0 Å². The maximum absolute atomic E-state index is 12.5.